The number of nitrogens with one attached hydrogen (secondary N) is 2. The Hall–Kier alpha value is -1.35. The number of carbonyl (C=O) groups is 1. The second-order valence-corrected chi connectivity index (χ2v) is 6.81. The molecule has 3 nitrogen and oxygen atoms in total. The minimum absolute atomic E-state index is 0.0833. The molecule has 3 heteroatoms. The first-order valence-electron chi connectivity index (χ1n) is 8.96. The molecule has 1 saturated carbocycles. The number of amides is 1. The lowest BCUT2D eigenvalue weighted by atomic mass is 9.97. The van der Waals surface area contributed by atoms with E-state index in [9.17, 15) is 4.79 Å². The number of anilines is 1. The molecular weight excluding hydrogens is 272 g/mol. The van der Waals surface area contributed by atoms with Crippen LogP contribution in [-0.2, 0) is 17.6 Å². The van der Waals surface area contributed by atoms with E-state index in [1.807, 2.05) is 6.07 Å². The van der Waals surface area contributed by atoms with E-state index in [1.165, 1.54) is 68.9 Å². The first kappa shape index (κ1) is 15.5. The Kier molecular flexibility index (Phi) is 5.49. The van der Waals surface area contributed by atoms with Crippen molar-refractivity contribution in [3.05, 3.63) is 29.3 Å². The van der Waals surface area contributed by atoms with E-state index in [0.717, 1.165) is 12.1 Å². The third-order valence-corrected chi connectivity index (χ3v) is 5.04. The summed E-state index contributed by atoms with van der Waals surface area (Å²) in [6, 6.07) is 6.87. The quantitative estimate of drug-likeness (QED) is 0.887. The van der Waals surface area contributed by atoms with Crippen LogP contribution >= 0.6 is 0 Å². The summed E-state index contributed by atoms with van der Waals surface area (Å²) in [5, 5.41) is 6.49. The predicted octanol–water partition coefficient (Wildman–Crippen LogP) is 3.82. The summed E-state index contributed by atoms with van der Waals surface area (Å²) < 4.78 is 0. The van der Waals surface area contributed by atoms with Gasteiger partial charge in [0.15, 0.2) is 0 Å². The Morgan fingerprint density at radius 2 is 1.68 bits per heavy atom. The first-order valence-corrected chi connectivity index (χ1v) is 8.96. The number of aryl methyl sites for hydroxylation is 2. The monoisotopic (exact) mass is 300 g/mol. The van der Waals surface area contributed by atoms with E-state index in [0.29, 0.717) is 12.6 Å². The Balaban J connectivity index is 1.45. The molecule has 0 atom stereocenters. The van der Waals surface area contributed by atoms with Gasteiger partial charge in [0, 0.05) is 11.7 Å². The van der Waals surface area contributed by atoms with Crippen LogP contribution in [0.4, 0.5) is 5.69 Å². The molecule has 0 aliphatic heterocycles. The molecule has 0 radical (unpaired) electrons. The standard InChI is InChI=1S/C19H28N2O/c22-19(14-20-17-9-4-2-1-3-5-10-17)21-18-12-11-15-7-6-8-16(15)13-18/h11-13,17,20H,1-10,14H2,(H,21,22). The van der Waals surface area contributed by atoms with Gasteiger partial charge in [-0.05, 0) is 55.4 Å². The highest BCUT2D eigenvalue weighted by atomic mass is 16.1. The normalized spacial score (nSPS) is 19.3. The fraction of sp³-hybridized carbons (Fsp3) is 0.632. The van der Waals surface area contributed by atoms with Gasteiger partial charge >= 0.3 is 0 Å². The van der Waals surface area contributed by atoms with Crippen LogP contribution in [0.3, 0.4) is 0 Å². The summed E-state index contributed by atoms with van der Waals surface area (Å²) in [5.74, 6) is 0.0833. The minimum atomic E-state index is 0.0833. The zero-order chi connectivity index (χ0) is 15.2. The fourth-order valence-electron chi connectivity index (χ4n) is 3.75. The van der Waals surface area contributed by atoms with Gasteiger partial charge in [-0.15, -0.1) is 0 Å². The van der Waals surface area contributed by atoms with Crippen molar-refractivity contribution < 1.29 is 4.79 Å². The molecule has 1 amide bonds. The van der Waals surface area contributed by atoms with Crippen LogP contribution in [0.1, 0.15) is 62.5 Å². The molecule has 1 aromatic rings. The molecule has 2 N–H and O–H groups in total. The van der Waals surface area contributed by atoms with Gasteiger partial charge in [0.1, 0.15) is 0 Å². The van der Waals surface area contributed by atoms with Crippen LogP contribution in [0.25, 0.3) is 0 Å². The molecule has 0 unspecified atom stereocenters. The Labute approximate surface area is 133 Å². The van der Waals surface area contributed by atoms with Crippen molar-refractivity contribution in [2.24, 2.45) is 0 Å². The van der Waals surface area contributed by atoms with E-state index < -0.39 is 0 Å². The molecule has 0 spiro atoms. The van der Waals surface area contributed by atoms with Crippen LogP contribution in [0.5, 0.6) is 0 Å². The summed E-state index contributed by atoms with van der Waals surface area (Å²) in [7, 11) is 0. The smallest absolute Gasteiger partial charge is 0.238 e. The number of hydrogen-bond donors (Lipinski definition) is 2. The summed E-state index contributed by atoms with van der Waals surface area (Å²) in [6.45, 7) is 0.432. The number of fused-ring (bicyclic) bond motifs is 1. The maximum atomic E-state index is 12.1. The first-order chi connectivity index (χ1) is 10.8. The lowest BCUT2D eigenvalue weighted by molar-refractivity contribution is -0.115. The maximum absolute atomic E-state index is 12.1. The SMILES string of the molecule is O=C(CNC1CCCCCCC1)Nc1ccc2c(c1)CCC2. The zero-order valence-corrected chi connectivity index (χ0v) is 13.5. The van der Waals surface area contributed by atoms with Crippen molar-refractivity contribution in [3.63, 3.8) is 0 Å². The topological polar surface area (TPSA) is 41.1 Å². The molecule has 1 aromatic carbocycles. The molecule has 2 aliphatic carbocycles. The Bertz CT molecular complexity index is 504. The Morgan fingerprint density at radius 1 is 0.955 bits per heavy atom. The van der Waals surface area contributed by atoms with Crippen LogP contribution in [0, 0.1) is 0 Å². The molecular formula is C19H28N2O. The van der Waals surface area contributed by atoms with Gasteiger partial charge < -0.3 is 10.6 Å². The lowest BCUT2D eigenvalue weighted by Gasteiger charge is -2.20. The zero-order valence-electron chi connectivity index (χ0n) is 13.5. The molecule has 3 rings (SSSR count). The van der Waals surface area contributed by atoms with E-state index in [-0.39, 0.29) is 5.91 Å². The van der Waals surface area contributed by atoms with Gasteiger partial charge in [-0.3, -0.25) is 4.79 Å². The minimum Gasteiger partial charge on any atom is -0.325 e. The van der Waals surface area contributed by atoms with Crippen LogP contribution in [-0.4, -0.2) is 18.5 Å². The van der Waals surface area contributed by atoms with Crippen LogP contribution in [0.15, 0.2) is 18.2 Å². The van der Waals surface area contributed by atoms with Gasteiger partial charge in [-0.1, -0.05) is 38.2 Å². The summed E-state index contributed by atoms with van der Waals surface area (Å²) in [6.07, 6.45) is 12.7. The van der Waals surface area contributed by atoms with Crippen molar-refractivity contribution in [1.82, 2.24) is 5.32 Å². The van der Waals surface area contributed by atoms with Crippen LogP contribution in [0.2, 0.25) is 0 Å². The number of carbonyl (C=O) groups excluding carboxylic acids is 1. The van der Waals surface area contributed by atoms with Crippen molar-refractivity contribution in [2.75, 3.05) is 11.9 Å². The summed E-state index contributed by atoms with van der Waals surface area (Å²) in [4.78, 5) is 12.1. The molecule has 1 fully saturated rings. The average Bonchev–Trinajstić information content (AvgIpc) is 2.93. The van der Waals surface area contributed by atoms with Gasteiger partial charge in [0.05, 0.1) is 6.54 Å². The highest BCUT2D eigenvalue weighted by Gasteiger charge is 2.14. The highest BCUT2D eigenvalue weighted by molar-refractivity contribution is 5.92. The van der Waals surface area contributed by atoms with Crippen molar-refractivity contribution >= 4 is 11.6 Å². The second-order valence-electron chi connectivity index (χ2n) is 6.81. The lowest BCUT2D eigenvalue weighted by Crippen LogP contribution is -2.36. The van der Waals surface area contributed by atoms with Crippen molar-refractivity contribution in [1.29, 1.82) is 0 Å². The molecule has 2 aliphatic rings. The molecule has 22 heavy (non-hydrogen) atoms. The maximum Gasteiger partial charge on any atom is 0.238 e. The predicted molar refractivity (Wildman–Crippen MR) is 91.2 cm³/mol. The van der Waals surface area contributed by atoms with Gasteiger partial charge in [-0.2, -0.15) is 0 Å². The molecule has 0 heterocycles. The third-order valence-electron chi connectivity index (χ3n) is 5.04. The number of rotatable bonds is 4. The van der Waals surface area contributed by atoms with E-state index in [2.05, 4.69) is 22.8 Å². The number of benzene rings is 1. The largest absolute Gasteiger partial charge is 0.325 e. The van der Waals surface area contributed by atoms with Crippen molar-refractivity contribution in [2.45, 2.75) is 70.3 Å². The van der Waals surface area contributed by atoms with Gasteiger partial charge in [0.2, 0.25) is 5.91 Å². The van der Waals surface area contributed by atoms with Gasteiger partial charge in [-0.25, -0.2) is 0 Å². The molecule has 120 valence electrons. The Morgan fingerprint density at radius 3 is 2.50 bits per heavy atom. The number of hydrogen-bond acceptors (Lipinski definition) is 2. The van der Waals surface area contributed by atoms with Crippen LogP contribution < -0.4 is 10.6 Å². The molecule has 0 bridgehead atoms. The molecule has 0 saturated heterocycles. The van der Waals surface area contributed by atoms with E-state index in [4.69, 9.17) is 0 Å². The average molecular weight is 300 g/mol. The summed E-state index contributed by atoms with van der Waals surface area (Å²) in [5.41, 5.74) is 3.81. The third kappa shape index (κ3) is 4.33. The summed E-state index contributed by atoms with van der Waals surface area (Å²) >= 11 is 0. The second kappa shape index (κ2) is 7.77. The highest BCUT2D eigenvalue weighted by Crippen LogP contribution is 2.24. The van der Waals surface area contributed by atoms with E-state index >= 15 is 0 Å². The van der Waals surface area contributed by atoms with Crippen molar-refractivity contribution in [3.8, 4) is 0 Å². The van der Waals surface area contributed by atoms with Gasteiger partial charge in [0.25, 0.3) is 0 Å². The molecule has 0 aromatic heterocycles. The fourth-order valence-corrected chi connectivity index (χ4v) is 3.75. The van der Waals surface area contributed by atoms with E-state index in [1.54, 1.807) is 0 Å².